The number of aryl methyl sites for hydroxylation is 1. The minimum atomic E-state index is -0.729. The van der Waals surface area contributed by atoms with Gasteiger partial charge in [-0.2, -0.15) is 0 Å². The lowest BCUT2D eigenvalue weighted by atomic mass is 10.00. The first-order chi connectivity index (χ1) is 17.7. The number of amides is 1. The quantitative estimate of drug-likeness (QED) is 0.368. The first kappa shape index (κ1) is 25.9. The van der Waals surface area contributed by atoms with Crippen LogP contribution in [0.2, 0.25) is 10.0 Å². The number of pyridine rings is 1. The summed E-state index contributed by atoms with van der Waals surface area (Å²) in [6.07, 6.45) is 1.83. The summed E-state index contributed by atoms with van der Waals surface area (Å²) < 4.78 is 7.19. The van der Waals surface area contributed by atoms with Crippen LogP contribution in [0.1, 0.15) is 20.7 Å². The van der Waals surface area contributed by atoms with Gasteiger partial charge in [0, 0.05) is 37.0 Å². The van der Waals surface area contributed by atoms with E-state index in [1.54, 1.807) is 48.5 Å². The molecule has 4 aromatic rings. The molecule has 0 fully saturated rings. The normalized spacial score (nSPS) is 10.7. The van der Waals surface area contributed by atoms with Crippen molar-refractivity contribution >= 4 is 41.1 Å². The monoisotopic (exact) mass is 538 g/mol. The summed E-state index contributed by atoms with van der Waals surface area (Å²) in [6, 6.07) is 13.5. The zero-order valence-electron chi connectivity index (χ0n) is 19.9. The Morgan fingerprint density at radius 1 is 0.973 bits per heavy atom. The molecule has 1 amide bonds. The molecular weight excluding hydrogens is 519 g/mol. The number of methoxy groups -OCH3 is 1. The number of benzene rings is 2. The van der Waals surface area contributed by atoms with Gasteiger partial charge in [0.05, 0.1) is 34.1 Å². The predicted molar refractivity (Wildman–Crippen MR) is 142 cm³/mol. The molecule has 188 valence electrons. The first-order valence-corrected chi connectivity index (χ1v) is 11.6. The minimum Gasteiger partial charge on any atom is -0.480 e. The molecule has 0 spiro atoms. The Hall–Kier alpha value is -4.21. The number of nitrogens with one attached hydrogen (secondary N) is 1. The summed E-state index contributed by atoms with van der Waals surface area (Å²) in [5.74, 6) is -0.553. The highest BCUT2D eigenvalue weighted by Crippen LogP contribution is 2.41. The van der Waals surface area contributed by atoms with Crippen LogP contribution in [0.25, 0.3) is 22.4 Å². The van der Waals surface area contributed by atoms with Gasteiger partial charge in [0.1, 0.15) is 5.56 Å². The van der Waals surface area contributed by atoms with Crippen molar-refractivity contribution in [2.75, 3.05) is 12.4 Å². The van der Waals surface area contributed by atoms with E-state index in [4.69, 9.17) is 27.9 Å². The molecule has 9 nitrogen and oxygen atoms in total. The number of hydrogen-bond acceptors (Lipinski definition) is 6. The van der Waals surface area contributed by atoms with Gasteiger partial charge in [-0.1, -0.05) is 53.5 Å². The fourth-order valence-electron chi connectivity index (χ4n) is 3.78. The Kier molecular flexibility index (Phi) is 7.28. The van der Waals surface area contributed by atoms with Gasteiger partial charge >= 0.3 is 5.69 Å². The SMILES string of the molecule is COc1nc(-c2cccc(-c3cccc(NC(=O)c4cn(C)c(=O)n(C)c4=O)c3Cl)c2Cl)ccc1C=O. The predicted octanol–water partition coefficient (Wildman–Crippen LogP) is 4.19. The van der Waals surface area contributed by atoms with Gasteiger partial charge in [-0.15, -0.1) is 0 Å². The Morgan fingerprint density at radius 3 is 2.30 bits per heavy atom. The van der Waals surface area contributed by atoms with Crippen LogP contribution in [0.4, 0.5) is 5.69 Å². The highest BCUT2D eigenvalue weighted by atomic mass is 35.5. The lowest BCUT2D eigenvalue weighted by Gasteiger charge is -2.15. The van der Waals surface area contributed by atoms with Gasteiger partial charge in [0.2, 0.25) is 5.88 Å². The number of halogens is 2. The van der Waals surface area contributed by atoms with Crippen LogP contribution in [-0.2, 0) is 14.1 Å². The largest absolute Gasteiger partial charge is 0.480 e. The fourth-order valence-corrected chi connectivity index (χ4v) is 4.38. The van der Waals surface area contributed by atoms with Gasteiger partial charge in [-0.3, -0.25) is 19.0 Å². The van der Waals surface area contributed by atoms with E-state index in [-0.39, 0.29) is 22.2 Å². The molecule has 0 bridgehead atoms. The third-order valence-corrected chi connectivity index (χ3v) is 6.53. The van der Waals surface area contributed by atoms with E-state index in [9.17, 15) is 19.2 Å². The Bertz CT molecular complexity index is 1680. The lowest BCUT2D eigenvalue weighted by Crippen LogP contribution is -2.40. The third-order valence-electron chi connectivity index (χ3n) is 5.71. The second-order valence-corrected chi connectivity index (χ2v) is 8.76. The smallest absolute Gasteiger partial charge is 0.330 e. The van der Waals surface area contributed by atoms with Crippen LogP contribution >= 0.6 is 23.2 Å². The van der Waals surface area contributed by atoms with Gasteiger partial charge in [0.15, 0.2) is 6.29 Å². The third kappa shape index (κ3) is 4.78. The maximum absolute atomic E-state index is 12.9. The minimum absolute atomic E-state index is 0.168. The zero-order chi connectivity index (χ0) is 26.9. The second kappa shape index (κ2) is 10.4. The van der Waals surface area contributed by atoms with Crippen LogP contribution < -0.4 is 21.3 Å². The van der Waals surface area contributed by atoms with Gasteiger partial charge in [-0.25, -0.2) is 9.78 Å². The highest BCUT2D eigenvalue weighted by Gasteiger charge is 2.19. The molecule has 2 aromatic carbocycles. The van der Waals surface area contributed by atoms with E-state index in [1.165, 1.54) is 27.4 Å². The number of rotatable bonds is 6. The average molecular weight is 539 g/mol. The van der Waals surface area contributed by atoms with Crippen LogP contribution in [0.5, 0.6) is 5.88 Å². The summed E-state index contributed by atoms with van der Waals surface area (Å²) in [7, 11) is 4.15. The lowest BCUT2D eigenvalue weighted by molar-refractivity contribution is 0.102. The van der Waals surface area contributed by atoms with Gasteiger partial charge in [0.25, 0.3) is 11.5 Å². The van der Waals surface area contributed by atoms with Crippen molar-refractivity contribution in [1.82, 2.24) is 14.1 Å². The molecule has 0 saturated heterocycles. The van der Waals surface area contributed by atoms with Crippen molar-refractivity contribution in [3.8, 4) is 28.3 Å². The first-order valence-electron chi connectivity index (χ1n) is 10.8. The molecule has 0 radical (unpaired) electrons. The van der Waals surface area contributed by atoms with E-state index >= 15 is 0 Å². The molecule has 0 saturated carbocycles. The van der Waals surface area contributed by atoms with Crippen molar-refractivity contribution in [3.05, 3.63) is 96.7 Å². The number of nitrogens with zero attached hydrogens (tertiary/aromatic N) is 3. The van der Waals surface area contributed by atoms with Crippen molar-refractivity contribution < 1.29 is 14.3 Å². The maximum Gasteiger partial charge on any atom is 0.330 e. The molecule has 11 heteroatoms. The summed E-state index contributed by atoms with van der Waals surface area (Å²) in [4.78, 5) is 52.9. The van der Waals surface area contributed by atoms with Gasteiger partial charge in [-0.05, 0) is 18.2 Å². The highest BCUT2D eigenvalue weighted by molar-refractivity contribution is 6.39. The molecule has 0 unspecified atom stereocenters. The average Bonchev–Trinajstić information content (AvgIpc) is 2.90. The summed E-state index contributed by atoms with van der Waals surface area (Å²) >= 11 is 13.4. The molecule has 1 N–H and O–H groups in total. The summed E-state index contributed by atoms with van der Waals surface area (Å²) in [5.41, 5.74) is 1.21. The van der Waals surface area contributed by atoms with E-state index in [0.29, 0.717) is 39.3 Å². The summed E-state index contributed by atoms with van der Waals surface area (Å²) in [6.45, 7) is 0. The van der Waals surface area contributed by atoms with E-state index in [1.807, 2.05) is 0 Å². The van der Waals surface area contributed by atoms with Gasteiger partial charge < -0.3 is 14.6 Å². The molecule has 2 aromatic heterocycles. The number of anilines is 1. The molecule has 37 heavy (non-hydrogen) atoms. The van der Waals surface area contributed by atoms with E-state index in [2.05, 4.69) is 10.3 Å². The fraction of sp³-hybridized carbons (Fsp3) is 0.115. The molecule has 0 aliphatic heterocycles. The van der Waals surface area contributed by atoms with E-state index < -0.39 is 17.2 Å². The number of carbonyl (C=O) groups is 2. The van der Waals surface area contributed by atoms with Crippen LogP contribution in [-0.4, -0.2) is 33.4 Å². The standard InChI is InChI=1S/C26H20Cl2N4O5/c1-31-12-18(25(35)32(2)26(31)36)23(34)29-20-9-5-7-16(22(20)28)15-6-4-8-17(21(15)27)19-11-10-14(13-33)24(30-19)37-3/h4-13H,1-3H3,(H,29,34). The molecule has 0 aliphatic carbocycles. The Morgan fingerprint density at radius 2 is 1.62 bits per heavy atom. The van der Waals surface area contributed by atoms with Crippen molar-refractivity contribution in [1.29, 1.82) is 0 Å². The number of aldehydes is 1. The van der Waals surface area contributed by atoms with Crippen LogP contribution in [0, 0.1) is 0 Å². The van der Waals surface area contributed by atoms with Crippen LogP contribution in [0.15, 0.2) is 64.3 Å². The van der Waals surface area contributed by atoms with Crippen molar-refractivity contribution in [3.63, 3.8) is 0 Å². The Labute approximate surface area is 220 Å². The molecular formula is C26H20Cl2N4O5. The number of aromatic nitrogens is 3. The number of ether oxygens (including phenoxy) is 1. The zero-order valence-corrected chi connectivity index (χ0v) is 21.4. The number of carbonyl (C=O) groups excluding carboxylic acids is 2. The maximum atomic E-state index is 12.9. The second-order valence-electron chi connectivity index (χ2n) is 8.00. The molecule has 0 aliphatic rings. The van der Waals surface area contributed by atoms with E-state index in [0.717, 1.165) is 9.13 Å². The molecule has 2 heterocycles. The Balaban J connectivity index is 1.74. The van der Waals surface area contributed by atoms with Crippen molar-refractivity contribution in [2.45, 2.75) is 0 Å². The topological polar surface area (TPSA) is 112 Å². The summed E-state index contributed by atoms with van der Waals surface area (Å²) in [5, 5.41) is 3.17. The number of hydrogen-bond donors (Lipinski definition) is 1. The van der Waals surface area contributed by atoms with Crippen LogP contribution in [0.3, 0.4) is 0 Å². The molecule has 4 rings (SSSR count). The van der Waals surface area contributed by atoms with Crippen molar-refractivity contribution in [2.24, 2.45) is 14.1 Å². The molecule has 0 atom stereocenters.